The molecule has 0 radical (unpaired) electrons. The lowest BCUT2D eigenvalue weighted by atomic mass is 10.3. The number of anilines is 1. The van der Waals surface area contributed by atoms with Crippen LogP contribution in [-0.4, -0.2) is 32.2 Å². The minimum absolute atomic E-state index is 0.170. The molecule has 1 heterocycles. The summed E-state index contributed by atoms with van der Waals surface area (Å²) < 4.78 is 26.8. The molecule has 0 aliphatic heterocycles. The zero-order valence-corrected chi connectivity index (χ0v) is 16.9. The number of aromatic nitrogens is 3. The molecule has 1 aromatic heterocycles. The van der Waals surface area contributed by atoms with Crippen LogP contribution in [0.4, 0.5) is 14.5 Å². The van der Waals surface area contributed by atoms with Crippen molar-refractivity contribution in [2.45, 2.75) is 34.6 Å². The van der Waals surface area contributed by atoms with Crippen molar-refractivity contribution >= 4 is 35.1 Å². The fraction of sp³-hybridized carbons (Fsp3) is 0.250. The van der Waals surface area contributed by atoms with Gasteiger partial charge < -0.3 is 5.32 Å². The molecule has 2 aromatic carbocycles. The quantitative estimate of drug-likeness (QED) is 0.497. The number of alkyl halides is 2. The van der Waals surface area contributed by atoms with E-state index in [1.54, 1.807) is 24.3 Å². The molecule has 1 aliphatic rings. The summed E-state index contributed by atoms with van der Waals surface area (Å²) in [5, 5.41) is 12.1. The molecule has 1 aliphatic carbocycles. The van der Waals surface area contributed by atoms with Crippen LogP contribution in [0.3, 0.4) is 0 Å². The molecule has 1 fully saturated rings. The average molecular weight is 433 g/mol. The van der Waals surface area contributed by atoms with Gasteiger partial charge in [0.2, 0.25) is 5.91 Å². The molecular formula is C20H18F2N4OS2. The number of benzene rings is 2. The van der Waals surface area contributed by atoms with Crippen molar-refractivity contribution in [2.24, 2.45) is 0 Å². The van der Waals surface area contributed by atoms with E-state index in [0.29, 0.717) is 33.4 Å². The Bertz CT molecular complexity index is 976. The molecule has 3 aromatic rings. The second-order valence-corrected chi connectivity index (χ2v) is 8.53. The number of nitrogens with zero attached hydrogens (tertiary/aromatic N) is 3. The van der Waals surface area contributed by atoms with Crippen LogP contribution in [-0.2, 0) is 4.79 Å². The predicted octanol–water partition coefficient (Wildman–Crippen LogP) is 5.19. The normalized spacial score (nSPS) is 13.6. The van der Waals surface area contributed by atoms with E-state index in [4.69, 9.17) is 0 Å². The Hall–Kier alpha value is -2.39. The molecular weight excluding hydrogens is 414 g/mol. The summed E-state index contributed by atoms with van der Waals surface area (Å²) in [7, 11) is 0. The molecule has 4 rings (SSSR count). The van der Waals surface area contributed by atoms with Crippen molar-refractivity contribution in [1.82, 2.24) is 14.8 Å². The van der Waals surface area contributed by atoms with E-state index in [-0.39, 0.29) is 11.7 Å². The maximum Gasteiger partial charge on any atom is 0.288 e. The number of halogens is 2. The molecule has 29 heavy (non-hydrogen) atoms. The van der Waals surface area contributed by atoms with Crippen LogP contribution >= 0.6 is 23.5 Å². The van der Waals surface area contributed by atoms with Gasteiger partial charge in [0.15, 0.2) is 5.16 Å². The molecule has 0 saturated heterocycles. The third-order valence-corrected chi connectivity index (χ3v) is 5.96. The van der Waals surface area contributed by atoms with Crippen LogP contribution in [0.2, 0.25) is 0 Å². The van der Waals surface area contributed by atoms with E-state index in [0.717, 1.165) is 24.4 Å². The van der Waals surface area contributed by atoms with Gasteiger partial charge >= 0.3 is 0 Å². The number of amides is 1. The Labute approximate surface area is 175 Å². The summed E-state index contributed by atoms with van der Waals surface area (Å²) in [5.41, 5.74) is 1.55. The third-order valence-electron chi connectivity index (χ3n) is 4.31. The lowest BCUT2D eigenvalue weighted by Gasteiger charge is -2.10. The molecule has 9 heteroatoms. The van der Waals surface area contributed by atoms with Crippen LogP contribution in [0.5, 0.6) is 0 Å². The van der Waals surface area contributed by atoms with Crippen molar-refractivity contribution in [3.63, 3.8) is 0 Å². The smallest absolute Gasteiger partial charge is 0.288 e. The summed E-state index contributed by atoms with van der Waals surface area (Å²) in [6.45, 7) is 0. The number of para-hydroxylation sites is 1. The second-order valence-electron chi connectivity index (χ2n) is 6.53. The predicted molar refractivity (Wildman–Crippen MR) is 111 cm³/mol. The molecule has 0 spiro atoms. The van der Waals surface area contributed by atoms with Crippen molar-refractivity contribution < 1.29 is 13.6 Å². The summed E-state index contributed by atoms with van der Waals surface area (Å²) in [6, 6.07) is 16.2. The van der Waals surface area contributed by atoms with Crippen LogP contribution in [0.25, 0.3) is 5.69 Å². The lowest BCUT2D eigenvalue weighted by molar-refractivity contribution is -0.113. The van der Waals surface area contributed by atoms with Gasteiger partial charge in [-0.2, -0.15) is 8.78 Å². The monoisotopic (exact) mass is 432 g/mol. The molecule has 0 bridgehead atoms. The summed E-state index contributed by atoms with van der Waals surface area (Å²) in [5.74, 6) is -1.13. The van der Waals surface area contributed by atoms with Gasteiger partial charge in [-0.05, 0) is 49.2 Å². The SMILES string of the molecule is O=C(CSc1nnc(C2CC2)n1-c1ccccc1)Nc1ccc(SC(F)F)cc1. The van der Waals surface area contributed by atoms with Crippen LogP contribution in [0, 0.1) is 0 Å². The zero-order valence-electron chi connectivity index (χ0n) is 15.3. The number of thioether (sulfide) groups is 2. The van der Waals surface area contributed by atoms with E-state index in [2.05, 4.69) is 15.5 Å². The molecule has 1 amide bonds. The van der Waals surface area contributed by atoms with E-state index in [9.17, 15) is 13.6 Å². The highest BCUT2D eigenvalue weighted by Crippen LogP contribution is 2.41. The number of carbonyl (C=O) groups excluding carboxylic acids is 1. The molecule has 0 atom stereocenters. The van der Waals surface area contributed by atoms with Gasteiger partial charge in [-0.3, -0.25) is 9.36 Å². The van der Waals surface area contributed by atoms with Gasteiger partial charge in [-0.25, -0.2) is 0 Å². The maximum absolute atomic E-state index is 12.4. The van der Waals surface area contributed by atoms with Crippen molar-refractivity contribution in [2.75, 3.05) is 11.1 Å². The molecule has 0 unspecified atom stereocenters. The van der Waals surface area contributed by atoms with Crippen molar-refractivity contribution in [3.05, 3.63) is 60.4 Å². The summed E-state index contributed by atoms with van der Waals surface area (Å²) in [4.78, 5) is 12.8. The molecule has 150 valence electrons. The molecule has 1 saturated carbocycles. The minimum atomic E-state index is -2.46. The summed E-state index contributed by atoms with van der Waals surface area (Å²) in [6.07, 6.45) is 2.21. The topological polar surface area (TPSA) is 59.8 Å². The Morgan fingerprint density at radius 3 is 2.48 bits per heavy atom. The van der Waals surface area contributed by atoms with Crippen molar-refractivity contribution in [1.29, 1.82) is 0 Å². The van der Waals surface area contributed by atoms with E-state index < -0.39 is 5.76 Å². The van der Waals surface area contributed by atoms with Crippen LogP contribution < -0.4 is 5.32 Å². The Balaban J connectivity index is 1.41. The van der Waals surface area contributed by atoms with Gasteiger partial charge in [-0.1, -0.05) is 41.7 Å². The standard InChI is InChI=1S/C20H18F2N4OS2/c21-19(22)29-16-10-8-14(9-11-16)23-17(27)12-28-20-25-24-18(13-6-7-13)26(20)15-4-2-1-3-5-15/h1-5,8-11,13,19H,6-7,12H2,(H,23,27). The van der Waals surface area contributed by atoms with Gasteiger partial charge in [0, 0.05) is 22.2 Å². The van der Waals surface area contributed by atoms with Gasteiger partial charge in [-0.15, -0.1) is 10.2 Å². The lowest BCUT2D eigenvalue weighted by Crippen LogP contribution is -2.14. The fourth-order valence-electron chi connectivity index (χ4n) is 2.85. The molecule has 1 N–H and O–H groups in total. The number of carbonyl (C=O) groups is 1. The zero-order chi connectivity index (χ0) is 20.2. The highest BCUT2D eigenvalue weighted by atomic mass is 32.2. The van der Waals surface area contributed by atoms with Gasteiger partial charge in [0.25, 0.3) is 5.76 Å². The highest BCUT2D eigenvalue weighted by molar-refractivity contribution is 8.00. The largest absolute Gasteiger partial charge is 0.325 e. The molecule has 5 nitrogen and oxygen atoms in total. The van der Waals surface area contributed by atoms with Gasteiger partial charge in [0.1, 0.15) is 5.82 Å². The first-order valence-corrected chi connectivity index (χ1v) is 10.9. The van der Waals surface area contributed by atoms with E-state index in [1.165, 1.54) is 11.8 Å². The Kier molecular flexibility index (Phi) is 6.15. The number of nitrogens with one attached hydrogen (secondary N) is 1. The number of hydrogen-bond acceptors (Lipinski definition) is 5. The van der Waals surface area contributed by atoms with Gasteiger partial charge in [0.05, 0.1) is 5.75 Å². The van der Waals surface area contributed by atoms with Crippen LogP contribution in [0.15, 0.2) is 64.6 Å². The maximum atomic E-state index is 12.4. The third kappa shape index (κ3) is 5.16. The second kappa shape index (κ2) is 8.96. The minimum Gasteiger partial charge on any atom is -0.325 e. The summed E-state index contributed by atoms with van der Waals surface area (Å²) >= 11 is 1.80. The van der Waals surface area contributed by atoms with E-state index >= 15 is 0 Å². The Morgan fingerprint density at radius 1 is 1.10 bits per heavy atom. The van der Waals surface area contributed by atoms with E-state index in [1.807, 2.05) is 34.9 Å². The van der Waals surface area contributed by atoms with Crippen molar-refractivity contribution in [3.8, 4) is 5.69 Å². The number of hydrogen-bond donors (Lipinski definition) is 1. The average Bonchev–Trinajstić information content (AvgIpc) is 3.47. The van der Waals surface area contributed by atoms with Crippen LogP contribution in [0.1, 0.15) is 24.6 Å². The highest BCUT2D eigenvalue weighted by Gasteiger charge is 2.31. The first-order valence-electron chi connectivity index (χ1n) is 9.08. The first-order chi connectivity index (χ1) is 14.1. The first kappa shape index (κ1) is 19.9. The number of rotatable bonds is 8. The fourth-order valence-corrected chi connectivity index (χ4v) is 4.11. The Morgan fingerprint density at radius 2 is 1.83 bits per heavy atom.